The molecule has 3 amide bonds. The van der Waals surface area contributed by atoms with Crippen LogP contribution in [0.3, 0.4) is 0 Å². The zero-order chi connectivity index (χ0) is 27.6. The van der Waals surface area contributed by atoms with E-state index in [0.29, 0.717) is 27.6 Å². The molecule has 0 radical (unpaired) electrons. The second-order valence-corrected chi connectivity index (χ2v) is 9.15. The van der Waals surface area contributed by atoms with Gasteiger partial charge in [-0.25, -0.2) is 4.79 Å². The standard InChI is InChI=1S/C29H23N3O6S/c33-26(30-21-10-4-9-20(15-21)29(36)37)18-39-24-13-5-11-22(16-24)31-28(35)25(17-23-12-6-14-38-23)32-27(34)19-7-2-1-3-8-19/h1-17H,18H2,(H,30,33)(H,31,35)(H,32,34)(H,36,37)/b25-17-. The summed E-state index contributed by atoms with van der Waals surface area (Å²) in [6.45, 7) is 0. The van der Waals surface area contributed by atoms with Gasteiger partial charge in [-0.1, -0.05) is 30.3 Å². The third-order valence-corrected chi connectivity index (χ3v) is 6.21. The summed E-state index contributed by atoms with van der Waals surface area (Å²) in [6, 6.07) is 24.7. The van der Waals surface area contributed by atoms with Crippen LogP contribution in [0.5, 0.6) is 0 Å². The predicted molar refractivity (Wildman–Crippen MR) is 148 cm³/mol. The molecule has 0 aliphatic carbocycles. The highest BCUT2D eigenvalue weighted by molar-refractivity contribution is 8.00. The van der Waals surface area contributed by atoms with Crippen LogP contribution in [-0.4, -0.2) is 34.6 Å². The number of thioether (sulfide) groups is 1. The molecule has 1 heterocycles. The highest BCUT2D eigenvalue weighted by Crippen LogP contribution is 2.23. The Labute approximate surface area is 227 Å². The summed E-state index contributed by atoms with van der Waals surface area (Å²) in [6.07, 6.45) is 2.89. The minimum Gasteiger partial charge on any atom is -0.478 e. The number of furan rings is 1. The third-order valence-electron chi connectivity index (χ3n) is 5.21. The zero-order valence-corrected chi connectivity index (χ0v) is 21.2. The van der Waals surface area contributed by atoms with Gasteiger partial charge < -0.3 is 25.5 Å². The average molecular weight is 542 g/mol. The average Bonchev–Trinajstić information content (AvgIpc) is 3.45. The second-order valence-electron chi connectivity index (χ2n) is 8.10. The van der Waals surface area contributed by atoms with E-state index in [0.717, 1.165) is 0 Å². The number of rotatable bonds is 10. The van der Waals surface area contributed by atoms with E-state index in [-0.39, 0.29) is 22.9 Å². The maximum Gasteiger partial charge on any atom is 0.335 e. The number of carbonyl (C=O) groups excluding carboxylic acids is 3. The summed E-state index contributed by atoms with van der Waals surface area (Å²) in [5, 5.41) is 17.2. The number of benzene rings is 3. The largest absolute Gasteiger partial charge is 0.478 e. The fraction of sp³-hybridized carbons (Fsp3) is 0.0345. The molecule has 0 saturated heterocycles. The fourth-order valence-corrected chi connectivity index (χ4v) is 4.15. The van der Waals surface area contributed by atoms with Gasteiger partial charge in [-0.3, -0.25) is 14.4 Å². The van der Waals surface area contributed by atoms with Gasteiger partial charge in [-0.2, -0.15) is 0 Å². The summed E-state index contributed by atoms with van der Waals surface area (Å²) in [5.41, 5.74) is 1.29. The van der Waals surface area contributed by atoms with Crippen LogP contribution in [0, 0.1) is 0 Å². The lowest BCUT2D eigenvalue weighted by Crippen LogP contribution is -2.30. The number of anilines is 2. The first-order chi connectivity index (χ1) is 18.9. The van der Waals surface area contributed by atoms with Gasteiger partial charge in [0.25, 0.3) is 11.8 Å². The molecule has 3 aromatic carbocycles. The van der Waals surface area contributed by atoms with Crippen LogP contribution in [0.4, 0.5) is 11.4 Å². The number of carboxylic acids is 1. The van der Waals surface area contributed by atoms with Crippen molar-refractivity contribution in [3.63, 3.8) is 0 Å². The van der Waals surface area contributed by atoms with Crippen molar-refractivity contribution in [1.29, 1.82) is 0 Å². The van der Waals surface area contributed by atoms with E-state index in [1.165, 1.54) is 36.2 Å². The van der Waals surface area contributed by atoms with Gasteiger partial charge in [0.1, 0.15) is 11.5 Å². The Morgan fingerprint density at radius 2 is 1.51 bits per heavy atom. The van der Waals surface area contributed by atoms with E-state index in [9.17, 15) is 19.2 Å². The molecule has 4 N–H and O–H groups in total. The fourth-order valence-electron chi connectivity index (χ4n) is 3.40. The van der Waals surface area contributed by atoms with Crippen molar-refractivity contribution >= 4 is 52.9 Å². The van der Waals surface area contributed by atoms with Crippen LogP contribution in [-0.2, 0) is 9.59 Å². The third kappa shape index (κ3) is 7.94. The van der Waals surface area contributed by atoms with Crippen LogP contribution in [0.25, 0.3) is 6.08 Å². The number of hydrogen-bond donors (Lipinski definition) is 4. The predicted octanol–water partition coefficient (Wildman–Crippen LogP) is 5.12. The van der Waals surface area contributed by atoms with Crippen LogP contribution < -0.4 is 16.0 Å². The Bertz CT molecular complexity index is 1520. The van der Waals surface area contributed by atoms with Gasteiger partial charge in [0, 0.05) is 27.9 Å². The molecule has 39 heavy (non-hydrogen) atoms. The van der Waals surface area contributed by atoms with E-state index >= 15 is 0 Å². The van der Waals surface area contributed by atoms with Gasteiger partial charge in [0.05, 0.1) is 17.6 Å². The summed E-state index contributed by atoms with van der Waals surface area (Å²) < 4.78 is 5.31. The summed E-state index contributed by atoms with van der Waals surface area (Å²) in [4.78, 5) is 50.0. The van der Waals surface area contributed by atoms with Crippen LogP contribution in [0.2, 0.25) is 0 Å². The van der Waals surface area contributed by atoms with Gasteiger partial charge in [0.2, 0.25) is 5.91 Å². The summed E-state index contributed by atoms with van der Waals surface area (Å²) >= 11 is 1.24. The minimum absolute atomic E-state index is 0.0140. The number of carbonyl (C=O) groups is 4. The van der Waals surface area contributed by atoms with Crippen molar-refractivity contribution < 1.29 is 28.7 Å². The Balaban J connectivity index is 1.40. The zero-order valence-electron chi connectivity index (χ0n) is 20.4. The molecule has 0 unspecified atom stereocenters. The first-order valence-corrected chi connectivity index (χ1v) is 12.6. The first kappa shape index (κ1) is 27.0. The molecule has 0 saturated carbocycles. The van der Waals surface area contributed by atoms with Gasteiger partial charge in [-0.05, 0) is 60.7 Å². The van der Waals surface area contributed by atoms with Crippen LogP contribution in [0.1, 0.15) is 26.5 Å². The minimum atomic E-state index is -1.08. The highest BCUT2D eigenvalue weighted by atomic mass is 32.2. The molecule has 9 nitrogen and oxygen atoms in total. The molecule has 4 aromatic rings. The van der Waals surface area contributed by atoms with Gasteiger partial charge in [0.15, 0.2) is 0 Å². The Hall–Kier alpha value is -5.09. The van der Waals surface area contributed by atoms with Gasteiger partial charge >= 0.3 is 5.97 Å². The Morgan fingerprint density at radius 1 is 0.795 bits per heavy atom. The van der Waals surface area contributed by atoms with E-state index in [1.54, 1.807) is 78.9 Å². The molecule has 4 rings (SSSR count). The SMILES string of the molecule is O=C(CSc1cccc(NC(=O)/C(=C/c2ccco2)NC(=O)c2ccccc2)c1)Nc1cccc(C(=O)O)c1. The second kappa shape index (κ2) is 12.9. The molecule has 0 aliphatic rings. The highest BCUT2D eigenvalue weighted by Gasteiger charge is 2.16. The van der Waals surface area contributed by atoms with E-state index in [4.69, 9.17) is 9.52 Å². The maximum atomic E-state index is 13.1. The first-order valence-electron chi connectivity index (χ1n) is 11.7. The molecular formula is C29H23N3O6S. The molecular weight excluding hydrogens is 518 g/mol. The molecule has 1 aromatic heterocycles. The van der Waals surface area contributed by atoms with Crippen molar-refractivity contribution in [2.45, 2.75) is 4.90 Å². The quantitative estimate of drug-likeness (QED) is 0.162. The topological polar surface area (TPSA) is 138 Å². The number of aromatic carboxylic acids is 1. The molecule has 10 heteroatoms. The maximum absolute atomic E-state index is 13.1. The Morgan fingerprint density at radius 3 is 2.23 bits per heavy atom. The molecule has 0 bridgehead atoms. The lowest BCUT2D eigenvalue weighted by molar-refractivity contribution is -0.114. The number of amides is 3. The molecule has 0 spiro atoms. The smallest absolute Gasteiger partial charge is 0.335 e. The molecule has 0 aliphatic heterocycles. The van der Waals surface area contributed by atoms with Crippen molar-refractivity contribution in [3.8, 4) is 0 Å². The molecule has 196 valence electrons. The number of carboxylic acid groups (broad SMARTS) is 1. The van der Waals surface area contributed by atoms with E-state index in [2.05, 4.69) is 16.0 Å². The normalized spacial score (nSPS) is 10.9. The number of hydrogen-bond acceptors (Lipinski definition) is 6. The van der Waals surface area contributed by atoms with Gasteiger partial charge in [-0.15, -0.1) is 11.8 Å². The Kier molecular flexibility index (Phi) is 8.94. The lowest BCUT2D eigenvalue weighted by atomic mass is 10.2. The van der Waals surface area contributed by atoms with E-state index in [1.807, 2.05) is 0 Å². The lowest BCUT2D eigenvalue weighted by Gasteiger charge is -2.12. The van der Waals surface area contributed by atoms with Crippen molar-refractivity contribution in [2.75, 3.05) is 16.4 Å². The van der Waals surface area contributed by atoms with Crippen molar-refractivity contribution in [3.05, 3.63) is 120 Å². The summed E-state index contributed by atoms with van der Waals surface area (Å²) in [7, 11) is 0. The molecule has 0 atom stereocenters. The summed E-state index contributed by atoms with van der Waals surface area (Å²) in [5.74, 6) is -1.96. The van der Waals surface area contributed by atoms with Crippen molar-refractivity contribution in [1.82, 2.24) is 5.32 Å². The van der Waals surface area contributed by atoms with Crippen LogP contribution in [0.15, 0.2) is 112 Å². The molecule has 0 fully saturated rings. The van der Waals surface area contributed by atoms with Crippen molar-refractivity contribution in [2.24, 2.45) is 0 Å². The number of nitrogens with one attached hydrogen (secondary N) is 3. The van der Waals surface area contributed by atoms with Crippen LogP contribution >= 0.6 is 11.8 Å². The van der Waals surface area contributed by atoms with E-state index < -0.39 is 17.8 Å². The monoisotopic (exact) mass is 541 g/mol.